The summed E-state index contributed by atoms with van der Waals surface area (Å²) in [5.41, 5.74) is 1.99. The zero-order valence-electron chi connectivity index (χ0n) is 14.9. The number of aromatic nitrogens is 5. The fraction of sp³-hybridized carbons (Fsp3) is 0.167. The average Bonchev–Trinajstić information content (AvgIpc) is 3.30. The lowest BCUT2D eigenvalue weighted by Crippen LogP contribution is -2.35. The molecule has 0 saturated carbocycles. The Balaban J connectivity index is 1.38. The molecule has 0 spiro atoms. The minimum atomic E-state index is -0.390. The Kier molecular flexibility index (Phi) is 4.67. The lowest BCUT2D eigenvalue weighted by atomic mass is 10.2. The normalized spacial score (nSPS) is 10.9. The summed E-state index contributed by atoms with van der Waals surface area (Å²) in [5.74, 6) is 1.17. The van der Waals surface area contributed by atoms with Crippen LogP contribution in [-0.2, 0) is 13.1 Å². The van der Waals surface area contributed by atoms with Crippen molar-refractivity contribution in [3.8, 4) is 11.5 Å². The highest BCUT2D eigenvalue weighted by Crippen LogP contribution is 2.18. The van der Waals surface area contributed by atoms with Crippen molar-refractivity contribution < 1.29 is 13.7 Å². The molecule has 0 aliphatic rings. The SMILES string of the molecule is Cc1noc(-c2ccn3c(CNC(=O)NCc4cccc(F)c4)nnc3c2)n1. The summed E-state index contributed by atoms with van der Waals surface area (Å²) >= 11 is 0. The van der Waals surface area contributed by atoms with E-state index in [4.69, 9.17) is 4.52 Å². The van der Waals surface area contributed by atoms with Crippen molar-refractivity contribution in [2.75, 3.05) is 0 Å². The maximum Gasteiger partial charge on any atom is 0.315 e. The number of nitrogens with one attached hydrogen (secondary N) is 2. The Morgan fingerprint density at radius 2 is 2.04 bits per heavy atom. The molecule has 3 aromatic heterocycles. The minimum absolute atomic E-state index is 0.176. The van der Waals surface area contributed by atoms with Gasteiger partial charge in [-0.25, -0.2) is 9.18 Å². The number of hydrogen-bond acceptors (Lipinski definition) is 6. The standard InChI is InChI=1S/C18H16FN7O2/c1-11-22-17(28-25-11)13-5-6-26-15(8-13)23-24-16(26)10-21-18(27)20-9-12-3-2-4-14(19)7-12/h2-8H,9-10H2,1H3,(H2,20,21,27). The third-order valence-corrected chi connectivity index (χ3v) is 4.00. The van der Waals surface area contributed by atoms with E-state index in [1.54, 1.807) is 41.8 Å². The van der Waals surface area contributed by atoms with Crippen molar-refractivity contribution in [2.45, 2.75) is 20.0 Å². The van der Waals surface area contributed by atoms with Crippen LogP contribution in [0.4, 0.5) is 9.18 Å². The van der Waals surface area contributed by atoms with E-state index in [0.29, 0.717) is 28.8 Å². The number of nitrogens with zero attached hydrogens (tertiary/aromatic N) is 5. The monoisotopic (exact) mass is 381 g/mol. The molecule has 0 saturated heterocycles. The Labute approximate surface area is 158 Å². The molecule has 10 heteroatoms. The third-order valence-electron chi connectivity index (χ3n) is 4.00. The van der Waals surface area contributed by atoms with Gasteiger partial charge in [-0.1, -0.05) is 17.3 Å². The predicted molar refractivity (Wildman–Crippen MR) is 96.5 cm³/mol. The van der Waals surface area contributed by atoms with Crippen molar-refractivity contribution in [3.63, 3.8) is 0 Å². The van der Waals surface area contributed by atoms with Crippen LogP contribution in [0.5, 0.6) is 0 Å². The first kappa shape index (κ1) is 17.6. The van der Waals surface area contributed by atoms with E-state index in [9.17, 15) is 9.18 Å². The second-order valence-corrected chi connectivity index (χ2v) is 6.07. The van der Waals surface area contributed by atoms with Crippen LogP contribution in [0, 0.1) is 12.7 Å². The van der Waals surface area contributed by atoms with Gasteiger partial charge in [-0.05, 0) is 36.8 Å². The molecule has 4 rings (SSSR count). The first-order valence-electron chi connectivity index (χ1n) is 8.49. The third kappa shape index (κ3) is 3.80. The summed E-state index contributed by atoms with van der Waals surface area (Å²) in [6.07, 6.45) is 1.77. The molecule has 9 nitrogen and oxygen atoms in total. The van der Waals surface area contributed by atoms with Crippen LogP contribution >= 0.6 is 0 Å². The molecule has 4 aromatic rings. The van der Waals surface area contributed by atoms with Gasteiger partial charge in [0.05, 0.1) is 6.54 Å². The van der Waals surface area contributed by atoms with Crippen LogP contribution in [0.1, 0.15) is 17.2 Å². The Bertz CT molecular complexity index is 1140. The fourth-order valence-electron chi connectivity index (χ4n) is 2.66. The molecule has 2 N–H and O–H groups in total. The van der Waals surface area contributed by atoms with Crippen molar-refractivity contribution in [2.24, 2.45) is 0 Å². The number of aryl methyl sites for hydroxylation is 1. The number of rotatable bonds is 5. The molecule has 2 amide bonds. The van der Waals surface area contributed by atoms with Gasteiger partial charge in [0.1, 0.15) is 5.82 Å². The average molecular weight is 381 g/mol. The molecule has 1 aromatic carbocycles. The van der Waals surface area contributed by atoms with Crippen LogP contribution in [0.3, 0.4) is 0 Å². The zero-order chi connectivity index (χ0) is 19.5. The number of fused-ring (bicyclic) bond motifs is 1. The Morgan fingerprint density at radius 1 is 1.18 bits per heavy atom. The number of halogens is 1. The van der Waals surface area contributed by atoms with Gasteiger partial charge in [0.25, 0.3) is 5.89 Å². The molecule has 3 heterocycles. The lowest BCUT2D eigenvalue weighted by molar-refractivity contribution is 0.240. The van der Waals surface area contributed by atoms with E-state index < -0.39 is 0 Å². The highest BCUT2D eigenvalue weighted by Gasteiger charge is 2.11. The maximum atomic E-state index is 13.2. The largest absolute Gasteiger partial charge is 0.334 e. The molecular weight excluding hydrogens is 365 g/mol. The molecule has 28 heavy (non-hydrogen) atoms. The van der Waals surface area contributed by atoms with Crippen LogP contribution in [-0.4, -0.2) is 30.8 Å². The Morgan fingerprint density at radius 3 is 2.82 bits per heavy atom. The summed E-state index contributed by atoms with van der Waals surface area (Å²) in [4.78, 5) is 16.2. The summed E-state index contributed by atoms with van der Waals surface area (Å²) in [5, 5.41) is 17.3. The first-order valence-corrected chi connectivity index (χ1v) is 8.49. The van der Waals surface area contributed by atoms with Crippen LogP contribution in [0.25, 0.3) is 17.1 Å². The minimum Gasteiger partial charge on any atom is -0.334 e. The number of benzene rings is 1. The van der Waals surface area contributed by atoms with Crippen molar-refractivity contribution in [3.05, 3.63) is 65.6 Å². The summed E-state index contributed by atoms with van der Waals surface area (Å²) < 4.78 is 20.1. The smallest absolute Gasteiger partial charge is 0.315 e. The maximum absolute atomic E-state index is 13.2. The van der Waals surface area contributed by atoms with Crippen molar-refractivity contribution in [1.82, 2.24) is 35.4 Å². The predicted octanol–water partition coefficient (Wildman–Crippen LogP) is 2.23. The van der Waals surface area contributed by atoms with Gasteiger partial charge >= 0.3 is 6.03 Å². The quantitative estimate of drug-likeness (QED) is 0.548. The molecule has 0 fully saturated rings. The fourth-order valence-corrected chi connectivity index (χ4v) is 2.66. The molecule has 0 atom stereocenters. The van der Waals surface area contributed by atoms with E-state index in [2.05, 4.69) is 31.0 Å². The number of urea groups is 1. The highest BCUT2D eigenvalue weighted by atomic mass is 19.1. The summed E-state index contributed by atoms with van der Waals surface area (Å²) in [6, 6.07) is 9.23. The molecule has 0 radical (unpaired) electrons. The zero-order valence-corrected chi connectivity index (χ0v) is 14.9. The second-order valence-electron chi connectivity index (χ2n) is 6.07. The van der Waals surface area contributed by atoms with E-state index in [0.717, 1.165) is 5.56 Å². The van der Waals surface area contributed by atoms with Gasteiger partial charge in [-0.15, -0.1) is 10.2 Å². The summed E-state index contributed by atoms with van der Waals surface area (Å²) in [7, 11) is 0. The molecule has 0 unspecified atom stereocenters. The number of amides is 2. The van der Waals surface area contributed by atoms with Gasteiger partial charge in [-0.2, -0.15) is 4.98 Å². The van der Waals surface area contributed by atoms with E-state index >= 15 is 0 Å². The highest BCUT2D eigenvalue weighted by molar-refractivity contribution is 5.73. The first-order chi connectivity index (χ1) is 13.6. The molecular formula is C18H16FN7O2. The van der Waals surface area contributed by atoms with E-state index in [-0.39, 0.29) is 24.9 Å². The van der Waals surface area contributed by atoms with Crippen molar-refractivity contribution >= 4 is 11.7 Å². The van der Waals surface area contributed by atoms with Gasteiger partial charge < -0.3 is 15.2 Å². The number of carbonyl (C=O) groups is 1. The lowest BCUT2D eigenvalue weighted by Gasteiger charge is -2.07. The van der Waals surface area contributed by atoms with Crippen molar-refractivity contribution in [1.29, 1.82) is 0 Å². The molecule has 0 aliphatic carbocycles. The van der Waals surface area contributed by atoms with E-state index in [1.165, 1.54) is 12.1 Å². The van der Waals surface area contributed by atoms with Gasteiger partial charge in [0.2, 0.25) is 0 Å². The van der Waals surface area contributed by atoms with E-state index in [1.807, 2.05) is 0 Å². The Hall–Kier alpha value is -3.82. The number of pyridine rings is 1. The van der Waals surface area contributed by atoms with Gasteiger partial charge in [0, 0.05) is 18.3 Å². The van der Waals surface area contributed by atoms with Crippen LogP contribution in [0.2, 0.25) is 0 Å². The number of carbonyl (C=O) groups excluding carboxylic acids is 1. The van der Waals surface area contributed by atoms with Gasteiger partial charge in [-0.3, -0.25) is 4.40 Å². The molecule has 142 valence electrons. The van der Waals surface area contributed by atoms with Gasteiger partial charge in [0.15, 0.2) is 17.3 Å². The number of hydrogen-bond donors (Lipinski definition) is 2. The summed E-state index contributed by atoms with van der Waals surface area (Å²) in [6.45, 7) is 2.14. The second kappa shape index (κ2) is 7.43. The van der Waals surface area contributed by atoms with Crippen LogP contribution in [0.15, 0.2) is 47.1 Å². The van der Waals surface area contributed by atoms with Crippen LogP contribution < -0.4 is 10.6 Å². The molecule has 0 aliphatic heterocycles. The molecule has 0 bridgehead atoms. The topological polar surface area (TPSA) is 110 Å².